The summed E-state index contributed by atoms with van der Waals surface area (Å²) in [5.74, 6) is -1.59. The first-order chi connectivity index (χ1) is 9.10. The number of hydrogen-bond donors (Lipinski definition) is 0. The molecular weight excluding hydrogens is 256 g/mol. The van der Waals surface area contributed by atoms with Crippen molar-refractivity contribution in [3.63, 3.8) is 0 Å². The van der Waals surface area contributed by atoms with Crippen LogP contribution in [0.25, 0.3) is 0 Å². The molecule has 0 unspecified atom stereocenters. The molecule has 1 aliphatic carbocycles. The van der Waals surface area contributed by atoms with E-state index in [9.17, 15) is 9.59 Å². The molecule has 0 bridgehead atoms. The van der Waals surface area contributed by atoms with Gasteiger partial charge in [0.25, 0.3) is 5.79 Å². The van der Waals surface area contributed by atoms with Crippen LogP contribution in [0.2, 0.25) is 0 Å². The lowest BCUT2D eigenvalue weighted by Crippen LogP contribution is -2.42. The molecule has 0 atom stereocenters. The zero-order valence-electron chi connectivity index (χ0n) is 13.0. The van der Waals surface area contributed by atoms with Gasteiger partial charge in [-0.15, -0.1) is 0 Å². The fraction of sp³-hybridized carbons (Fsp3) is 0.750. The van der Waals surface area contributed by atoms with Crippen molar-refractivity contribution in [2.75, 3.05) is 0 Å². The summed E-state index contributed by atoms with van der Waals surface area (Å²) in [7, 11) is 0. The average Bonchev–Trinajstić information content (AvgIpc) is 2.25. The van der Waals surface area contributed by atoms with Crippen LogP contribution in [-0.2, 0) is 19.1 Å². The number of carbonyl (C=O) groups is 2. The van der Waals surface area contributed by atoms with Crippen molar-refractivity contribution in [1.82, 2.24) is 0 Å². The Morgan fingerprint density at radius 1 is 1.00 bits per heavy atom. The molecule has 0 spiro atoms. The summed E-state index contributed by atoms with van der Waals surface area (Å²) in [6, 6.07) is 0. The van der Waals surface area contributed by atoms with E-state index in [1.54, 1.807) is 13.8 Å². The van der Waals surface area contributed by atoms with Gasteiger partial charge in [0, 0.05) is 13.8 Å². The minimum absolute atomic E-state index is 0.136. The van der Waals surface area contributed by atoms with E-state index >= 15 is 0 Å². The van der Waals surface area contributed by atoms with Gasteiger partial charge in [-0.1, -0.05) is 20.8 Å². The molecule has 0 aromatic rings. The van der Waals surface area contributed by atoms with Crippen LogP contribution >= 0.6 is 0 Å². The Bertz CT molecular complexity index is 433. The quantitative estimate of drug-likeness (QED) is 0.388. The maximum Gasteiger partial charge on any atom is 0.348 e. The van der Waals surface area contributed by atoms with E-state index in [0.29, 0.717) is 5.92 Å². The van der Waals surface area contributed by atoms with Gasteiger partial charge < -0.3 is 9.47 Å². The first kappa shape index (κ1) is 15.1. The molecule has 2 fully saturated rings. The number of esters is 2. The van der Waals surface area contributed by atoms with Gasteiger partial charge in [-0.2, -0.15) is 0 Å². The van der Waals surface area contributed by atoms with Crippen LogP contribution in [0.3, 0.4) is 0 Å². The molecule has 4 nitrogen and oxygen atoms in total. The molecule has 0 radical (unpaired) electrons. The number of carbonyl (C=O) groups excluding carboxylic acids is 2. The highest BCUT2D eigenvalue weighted by atomic mass is 16.7. The van der Waals surface area contributed by atoms with Crippen molar-refractivity contribution in [2.45, 2.75) is 66.1 Å². The van der Waals surface area contributed by atoms with Crippen LogP contribution in [0.4, 0.5) is 0 Å². The molecule has 0 amide bonds. The maximum absolute atomic E-state index is 12.0. The second-order valence-corrected chi connectivity index (χ2v) is 7.30. The van der Waals surface area contributed by atoms with Crippen molar-refractivity contribution >= 4 is 11.9 Å². The largest absolute Gasteiger partial charge is 0.419 e. The van der Waals surface area contributed by atoms with Gasteiger partial charge in [0.05, 0.1) is 0 Å². The van der Waals surface area contributed by atoms with E-state index in [2.05, 4.69) is 20.8 Å². The van der Waals surface area contributed by atoms with Gasteiger partial charge in [-0.25, -0.2) is 9.59 Å². The number of allylic oxidation sites excluding steroid dienone is 1. The Morgan fingerprint density at radius 3 is 1.85 bits per heavy atom. The van der Waals surface area contributed by atoms with Gasteiger partial charge in [0.15, 0.2) is 0 Å². The summed E-state index contributed by atoms with van der Waals surface area (Å²) >= 11 is 0. The van der Waals surface area contributed by atoms with Crippen LogP contribution in [0.15, 0.2) is 11.1 Å². The second kappa shape index (κ2) is 4.90. The first-order valence-corrected chi connectivity index (χ1v) is 7.29. The molecule has 112 valence electrons. The SMILES string of the molecule is CC1(C)OC(=O)C(=C2CCC(C(C)(C)C)CC2)C(=O)O1. The maximum atomic E-state index is 12.0. The van der Waals surface area contributed by atoms with Crippen LogP contribution in [-0.4, -0.2) is 17.7 Å². The highest BCUT2D eigenvalue weighted by Gasteiger charge is 2.41. The minimum Gasteiger partial charge on any atom is -0.419 e. The standard InChI is InChI=1S/C16H24O4/c1-15(2,3)11-8-6-10(7-9-11)12-13(17)19-16(4,5)20-14(12)18/h11H,6-9H2,1-5H3. The van der Waals surface area contributed by atoms with E-state index in [4.69, 9.17) is 9.47 Å². The fourth-order valence-electron chi connectivity index (χ4n) is 3.02. The van der Waals surface area contributed by atoms with E-state index in [-0.39, 0.29) is 11.0 Å². The van der Waals surface area contributed by atoms with Crippen molar-refractivity contribution in [3.05, 3.63) is 11.1 Å². The molecular formula is C16H24O4. The molecule has 20 heavy (non-hydrogen) atoms. The lowest BCUT2D eigenvalue weighted by Gasteiger charge is -2.36. The van der Waals surface area contributed by atoms with Gasteiger partial charge >= 0.3 is 11.9 Å². The normalized spacial score (nSPS) is 27.1. The van der Waals surface area contributed by atoms with E-state index in [0.717, 1.165) is 31.3 Å². The third kappa shape index (κ3) is 3.05. The van der Waals surface area contributed by atoms with Crippen LogP contribution < -0.4 is 0 Å². The van der Waals surface area contributed by atoms with Crippen molar-refractivity contribution in [3.8, 4) is 0 Å². The zero-order valence-corrected chi connectivity index (χ0v) is 13.0. The third-order valence-electron chi connectivity index (χ3n) is 4.25. The molecule has 1 saturated carbocycles. The van der Waals surface area contributed by atoms with Crippen molar-refractivity contribution in [1.29, 1.82) is 0 Å². The van der Waals surface area contributed by atoms with Crippen LogP contribution in [0, 0.1) is 11.3 Å². The molecule has 1 aliphatic heterocycles. The number of cyclic esters (lactones) is 2. The third-order valence-corrected chi connectivity index (χ3v) is 4.25. The summed E-state index contributed by atoms with van der Waals surface area (Å²) < 4.78 is 10.3. The number of rotatable bonds is 0. The Hall–Kier alpha value is -1.32. The highest BCUT2D eigenvalue weighted by Crippen LogP contribution is 2.41. The lowest BCUT2D eigenvalue weighted by molar-refractivity contribution is -0.222. The molecule has 0 aromatic heterocycles. The summed E-state index contributed by atoms with van der Waals surface area (Å²) in [5, 5.41) is 0. The lowest BCUT2D eigenvalue weighted by atomic mass is 9.70. The fourth-order valence-corrected chi connectivity index (χ4v) is 3.02. The summed E-state index contributed by atoms with van der Waals surface area (Å²) in [4.78, 5) is 24.0. The van der Waals surface area contributed by atoms with E-state index in [1.165, 1.54) is 0 Å². The van der Waals surface area contributed by atoms with Crippen LogP contribution in [0.1, 0.15) is 60.3 Å². The zero-order chi connectivity index (χ0) is 15.1. The van der Waals surface area contributed by atoms with Gasteiger partial charge in [0.1, 0.15) is 5.57 Å². The van der Waals surface area contributed by atoms with Crippen LogP contribution in [0.5, 0.6) is 0 Å². The van der Waals surface area contributed by atoms with Gasteiger partial charge in [-0.05, 0) is 42.6 Å². The summed E-state index contributed by atoms with van der Waals surface area (Å²) in [5.41, 5.74) is 1.30. The van der Waals surface area contributed by atoms with Gasteiger partial charge in [0.2, 0.25) is 0 Å². The van der Waals surface area contributed by atoms with E-state index < -0.39 is 17.7 Å². The molecule has 0 aromatic carbocycles. The Balaban J connectivity index is 2.16. The predicted octanol–water partition coefficient (Wildman–Crippen LogP) is 3.36. The second-order valence-electron chi connectivity index (χ2n) is 7.30. The van der Waals surface area contributed by atoms with Gasteiger partial charge in [-0.3, -0.25) is 0 Å². The monoisotopic (exact) mass is 280 g/mol. The summed E-state index contributed by atoms with van der Waals surface area (Å²) in [6.07, 6.45) is 3.57. The summed E-state index contributed by atoms with van der Waals surface area (Å²) in [6.45, 7) is 9.85. The number of ether oxygens (including phenoxy) is 2. The molecule has 2 rings (SSSR count). The molecule has 0 N–H and O–H groups in total. The first-order valence-electron chi connectivity index (χ1n) is 7.29. The Kier molecular flexibility index (Phi) is 3.69. The molecule has 2 aliphatic rings. The average molecular weight is 280 g/mol. The highest BCUT2D eigenvalue weighted by molar-refractivity contribution is 6.16. The molecule has 1 heterocycles. The Labute approximate surface area is 120 Å². The topological polar surface area (TPSA) is 52.6 Å². The smallest absolute Gasteiger partial charge is 0.348 e. The number of hydrogen-bond acceptors (Lipinski definition) is 4. The minimum atomic E-state index is -1.15. The molecule has 1 saturated heterocycles. The molecule has 4 heteroatoms. The Morgan fingerprint density at radius 2 is 1.45 bits per heavy atom. The van der Waals surface area contributed by atoms with Crippen molar-refractivity contribution < 1.29 is 19.1 Å². The van der Waals surface area contributed by atoms with E-state index in [1.807, 2.05) is 0 Å². The van der Waals surface area contributed by atoms with Crippen molar-refractivity contribution in [2.24, 2.45) is 11.3 Å². The predicted molar refractivity (Wildman–Crippen MR) is 74.7 cm³/mol.